The number of hydrogen-bond acceptors (Lipinski definition) is 2. The van der Waals surface area contributed by atoms with Gasteiger partial charge in [-0.15, -0.1) is 0 Å². The first-order chi connectivity index (χ1) is 11.8. The van der Waals surface area contributed by atoms with E-state index in [0.29, 0.717) is 17.2 Å². The maximum Gasteiger partial charge on any atom is 0.261 e. The summed E-state index contributed by atoms with van der Waals surface area (Å²) in [6, 6.07) is 11.3. The first-order valence-corrected chi connectivity index (χ1v) is 9.00. The standard InChI is InChI=1S/C21H26ClNO2/c1-6-20(25-18-9-7-8-17(22)12-18)21(24)23-16(5)19-11-14(3)13(2)10-15(19)4/h7-12,16,20H,6H2,1-5H3,(H,23,24). The molecule has 0 aliphatic rings. The third-order valence-corrected chi connectivity index (χ3v) is 4.68. The van der Waals surface area contributed by atoms with E-state index in [9.17, 15) is 4.79 Å². The minimum Gasteiger partial charge on any atom is -0.481 e. The molecule has 1 amide bonds. The molecule has 2 aromatic carbocycles. The Bertz CT molecular complexity index is 758. The maximum atomic E-state index is 12.6. The highest BCUT2D eigenvalue weighted by Gasteiger charge is 2.21. The van der Waals surface area contributed by atoms with Gasteiger partial charge in [-0.2, -0.15) is 0 Å². The molecule has 0 fully saturated rings. The van der Waals surface area contributed by atoms with Crippen LogP contribution in [-0.4, -0.2) is 12.0 Å². The molecule has 2 rings (SSSR count). The SMILES string of the molecule is CCC(Oc1cccc(Cl)c1)C(=O)NC(C)c1cc(C)c(C)cc1C. The van der Waals surface area contributed by atoms with Crippen molar-refractivity contribution in [3.63, 3.8) is 0 Å². The normalized spacial score (nSPS) is 13.2. The number of rotatable bonds is 6. The van der Waals surface area contributed by atoms with E-state index in [0.717, 1.165) is 5.56 Å². The predicted molar refractivity (Wildman–Crippen MR) is 103 cm³/mol. The fourth-order valence-electron chi connectivity index (χ4n) is 2.86. The van der Waals surface area contributed by atoms with E-state index >= 15 is 0 Å². The van der Waals surface area contributed by atoms with Crippen molar-refractivity contribution in [2.75, 3.05) is 0 Å². The van der Waals surface area contributed by atoms with Crippen molar-refractivity contribution >= 4 is 17.5 Å². The van der Waals surface area contributed by atoms with Gasteiger partial charge in [0, 0.05) is 5.02 Å². The van der Waals surface area contributed by atoms with Crippen molar-refractivity contribution in [3.8, 4) is 5.75 Å². The number of aryl methyl sites for hydroxylation is 3. The second kappa shape index (κ2) is 8.39. The molecule has 25 heavy (non-hydrogen) atoms. The largest absolute Gasteiger partial charge is 0.481 e. The van der Waals surface area contributed by atoms with Gasteiger partial charge in [0.1, 0.15) is 5.75 Å². The summed E-state index contributed by atoms with van der Waals surface area (Å²) >= 11 is 5.98. The van der Waals surface area contributed by atoms with E-state index in [2.05, 4.69) is 38.2 Å². The average molecular weight is 360 g/mol. The summed E-state index contributed by atoms with van der Waals surface area (Å²) in [6.07, 6.45) is 0.0320. The Morgan fingerprint density at radius 1 is 1.12 bits per heavy atom. The number of amides is 1. The smallest absolute Gasteiger partial charge is 0.261 e. The average Bonchev–Trinajstić information content (AvgIpc) is 2.55. The molecule has 0 spiro atoms. The van der Waals surface area contributed by atoms with Crippen molar-refractivity contribution in [3.05, 3.63) is 63.7 Å². The molecule has 0 bridgehead atoms. The number of hydrogen-bond donors (Lipinski definition) is 1. The first kappa shape index (κ1) is 19.3. The molecule has 134 valence electrons. The summed E-state index contributed by atoms with van der Waals surface area (Å²) in [6.45, 7) is 10.2. The summed E-state index contributed by atoms with van der Waals surface area (Å²) in [7, 11) is 0. The quantitative estimate of drug-likeness (QED) is 0.760. The molecule has 2 unspecified atom stereocenters. The minimum absolute atomic E-state index is 0.0798. The molecule has 0 aliphatic heterocycles. The zero-order valence-electron chi connectivity index (χ0n) is 15.5. The van der Waals surface area contributed by atoms with Crippen LogP contribution in [-0.2, 0) is 4.79 Å². The summed E-state index contributed by atoms with van der Waals surface area (Å²) in [5, 5.41) is 3.66. The highest BCUT2D eigenvalue weighted by molar-refractivity contribution is 6.30. The topological polar surface area (TPSA) is 38.3 Å². The highest BCUT2D eigenvalue weighted by Crippen LogP contribution is 2.23. The Balaban J connectivity index is 2.09. The molecule has 2 atom stereocenters. The Hall–Kier alpha value is -2.00. The lowest BCUT2D eigenvalue weighted by Crippen LogP contribution is -2.39. The highest BCUT2D eigenvalue weighted by atomic mass is 35.5. The summed E-state index contributed by atoms with van der Waals surface area (Å²) < 4.78 is 5.82. The van der Waals surface area contributed by atoms with Crippen LogP contribution in [0.2, 0.25) is 5.02 Å². The molecule has 0 saturated heterocycles. The molecule has 1 N–H and O–H groups in total. The van der Waals surface area contributed by atoms with Gasteiger partial charge in [-0.3, -0.25) is 4.79 Å². The van der Waals surface area contributed by atoms with Crippen LogP contribution in [0.25, 0.3) is 0 Å². The number of halogens is 1. The molecular formula is C21H26ClNO2. The summed E-state index contributed by atoms with van der Waals surface area (Å²) in [4.78, 5) is 12.6. The van der Waals surface area contributed by atoms with Gasteiger partial charge < -0.3 is 10.1 Å². The molecular weight excluding hydrogens is 334 g/mol. The van der Waals surface area contributed by atoms with Gasteiger partial charge in [0.15, 0.2) is 6.10 Å². The predicted octanol–water partition coefficient (Wildman–Crippen LogP) is 5.30. The fourth-order valence-corrected chi connectivity index (χ4v) is 3.04. The minimum atomic E-state index is -0.548. The van der Waals surface area contributed by atoms with E-state index in [1.807, 2.05) is 19.9 Å². The number of ether oxygens (including phenoxy) is 1. The maximum absolute atomic E-state index is 12.6. The van der Waals surface area contributed by atoms with E-state index in [1.54, 1.807) is 18.2 Å². The van der Waals surface area contributed by atoms with Crippen molar-refractivity contribution in [2.24, 2.45) is 0 Å². The molecule has 0 aliphatic carbocycles. The molecule has 0 saturated carbocycles. The third-order valence-electron chi connectivity index (χ3n) is 4.45. The van der Waals surface area contributed by atoms with Gasteiger partial charge in [-0.25, -0.2) is 0 Å². The monoisotopic (exact) mass is 359 g/mol. The Morgan fingerprint density at radius 2 is 1.80 bits per heavy atom. The van der Waals surface area contributed by atoms with Crippen LogP contribution in [0.4, 0.5) is 0 Å². The summed E-state index contributed by atoms with van der Waals surface area (Å²) in [5.41, 5.74) is 4.80. The van der Waals surface area contributed by atoms with Crippen LogP contribution in [0.3, 0.4) is 0 Å². The molecule has 3 nitrogen and oxygen atoms in total. The zero-order valence-corrected chi connectivity index (χ0v) is 16.3. The van der Waals surface area contributed by atoms with Crippen LogP contribution in [0, 0.1) is 20.8 Å². The Labute approximate surface area is 155 Å². The van der Waals surface area contributed by atoms with Crippen molar-refractivity contribution in [1.29, 1.82) is 0 Å². The first-order valence-electron chi connectivity index (χ1n) is 8.62. The van der Waals surface area contributed by atoms with Crippen LogP contribution >= 0.6 is 11.6 Å². The van der Waals surface area contributed by atoms with Crippen LogP contribution in [0.1, 0.15) is 48.6 Å². The second-order valence-corrected chi connectivity index (χ2v) is 6.93. The Morgan fingerprint density at radius 3 is 2.44 bits per heavy atom. The number of carbonyl (C=O) groups is 1. The molecule has 0 heterocycles. The van der Waals surface area contributed by atoms with E-state index < -0.39 is 6.10 Å². The van der Waals surface area contributed by atoms with Gasteiger partial charge in [0.05, 0.1) is 6.04 Å². The van der Waals surface area contributed by atoms with Gasteiger partial charge in [-0.05, 0) is 74.6 Å². The van der Waals surface area contributed by atoms with Gasteiger partial charge >= 0.3 is 0 Å². The van der Waals surface area contributed by atoms with Crippen molar-refractivity contribution < 1.29 is 9.53 Å². The molecule has 4 heteroatoms. The molecule has 0 radical (unpaired) electrons. The lowest BCUT2D eigenvalue weighted by atomic mass is 9.96. The second-order valence-electron chi connectivity index (χ2n) is 6.50. The molecule has 2 aromatic rings. The fraction of sp³-hybridized carbons (Fsp3) is 0.381. The van der Waals surface area contributed by atoms with Crippen LogP contribution < -0.4 is 10.1 Å². The Kier molecular flexibility index (Phi) is 6.49. The zero-order chi connectivity index (χ0) is 18.6. The van der Waals surface area contributed by atoms with Crippen LogP contribution in [0.5, 0.6) is 5.75 Å². The van der Waals surface area contributed by atoms with Crippen LogP contribution in [0.15, 0.2) is 36.4 Å². The number of nitrogens with one attached hydrogen (secondary N) is 1. The lowest BCUT2D eigenvalue weighted by molar-refractivity contribution is -0.128. The number of carbonyl (C=O) groups excluding carboxylic acids is 1. The van der Waals surface area contributed by atoms with E-state index in [-0.39, 0.29) is 11.9 Å². The van der Waals surface area contributed by atoms with E-state index in [1.165, 1.54) is 16.7 Å². The van der Waals surface area contributed by atoms with Crippen molar-refractivity contribution in [1.82, 2.24) is 5.32 Å². The van der Waals surface area contributed by atoms with Gasteiger partial charge in [0.25, 0.3) is 5.91 Å². The lowest BCUT2D eigenvalue weighted by Gasteiger charge is -2.22. The van der Waals surface area contributed by atoms with Gasteiger partial charge in [0.2, 0.25) is 0 Å². The van der Waals surface area contributed by atoms with E-state index in [4.69, 9.17) is 16.3 Å². The van der Waals surface area contributed by atoms with Crippen molar-refractivity contribution in [2.45, 2.75) is 53.2 Å². The molecule has 0 aromatic heterocycles. The third kappa shape index (κ3) is 4.99. The number of benzene rings is 2. The van der Waals surface area contributed by atoms with Gasteiger partial charge in [-0.1, -0.05) is 36.7 Å². The summed E-state index contributed by atoms with van der Waals surface area (Å²) in [5.74, 6) is 0.483.